The van der Waals surface area contributed by atoms with Crippen LogP contribution in [0.3, 0.4) is 0 Å². The van der Waals surface area contributed by atoms with Crippen LogP contribution in [0.1, 0.15) is 37.9 Å². The number of nitrogens with zero attached hydrogens (tertiary/aromatic N) is 4. The van der Waals surface area contributed by atoms with Crippen LogP contribution in [-0.2, 0) is 16.1 Å². The van der Waals surface area contributed by atoms with Gasteiger partial charge in [-0.05, 0) is 25.0 Å². The normalized spacial score (nSPS) is 15.0. The SMILES string of the molecule is O=C(CCN1CCCCCC1=O)NCc1nc(-c2ccncc2)n[nH]1. The molecule has 1 aliphatic heterocycles. The second-order valence-electron chi connectivity index (χ2n) is 6.06. The summed E-state index contributed by atoms with van der Waals surface area (Å²) < 4.78 is 0. The van der Waals surface area contributed by atoms with Gasteiger partial charge in [0.1, 0.15) is 5.82 Å². The number of H-pyrrole nitrogens is 1. The van der Waals surface area contributed by atoms with E-state index in [1.54, 1.807) is 17.3 Å². The molecule has 0 unspecified atom stereocenters. The van der Waals surface area contributed by atoms with E-state index in [1.807, 2.05) is 12.1 Å². The van der Waals surface area contributed by atoms with Gasteiger partial charge < -0.3 is 10.2 Å². The van der Waals surface area contributed by atoms with Gasteiger partial charge in [-0.25, -0.2) is 4.98 Å². The van der Waals surface area contributed by atoms with Gasteiger partial charge in [0.05, 0.1) is 6.54 Å². The van der Waals surface area contributed by atoms with Gasteiger partial charge in [-0.2, -0.15) is 5.10 Å². The maximum absolute atomic E-state index is 12.0. The monoisotopic (exact) mass is 342 g/mol. The average Bonchev–Trinajstić information content (AvgIpc) is 3.02. The summed E-state index contributed by atoms with van der Waals surface area (Å²) in [4.78, 5) is 34.0. The Morgan fingerprint density at radius 2 is 2.08 bits per heavy atom. The second kappa shape index (κ2) is 8.36. The molecule has 1 saturated heterocycles. The molecular weight excluding hydrogens is 320 g/mol. The Morgan fingerprint density at radius 3 is 2.92 bits per heavy atom. The molecule has 0 atom stereocenters. The van der Waals surface area contributed by atoms with Crippen LogP contribution in [0.15, 0.2) is 24.5 Å². The Morgan fingerprint density at radius 1 is 1.24 bits per heavy atom. The first-order valence-electron chi connectivity index (χ1n) is 8.58. The third-order valence-electron chi connectivity index (χ3n) is 4.20. The van der Waals surface area contributed by atoms with E-state index in [0.717, 1.165) is 31.4 Å². The summed E-state index contributed by atoms with van der Waals surface area (Å²) in [5.41, 5.74) is 0.864. The highest BCUT2D eigenvalue weighted by Crippen LogP contribution is 2.13. The number of likely N-dealkylation sites (tertiary alicyclic amines) is 1. The predicted octanol–water partition coefficient (Wildman–Crippen LogP) is 1.28. The summed E-state index contributed by atoms with van der Waals surface area (Å²) in [7, 11) is 0. The minimum Gasteiger partial charge on any atom is -0.349 e. The molecule has 0 aromatic carbocycles. The van der Waals surface area contributed by atoms with Gasteiger partial charge in [0, 0.05) is 43.9 Å². The highest BCUT2D eigenvalue weighted by atomic mass is 16.2. The molecule has 0 aliphatic carbocycles. The summed E-state index contributed by atoms with van der Waals surface area (Å²) in [6.07, 6.45) is 7.30. The molecule has 8 nitrogen and oxygen atoms in total. The third-order valence-corrected chi connectivity index (χ3v) is 4.20. The highest BCUT2D eigenvalue weighted by Gasteiger charge is 2.17. The van der Waals surface area contributed by atoms with Crippen molar-refractivity contribution in [1.82, 2.24) is 30.4 Å². The van der Waals surface area contributed by atoms with Crippen molar-refractivity contribution in [3.05, 3.63) is 30.4 Å². The maximum Gasteiger partial charge on any atom is 0.222 e. The fourth-order valence-electron chi connectivity index (χ4n) is 2.79. The van der Waals surface area contributed by atoms with Gasteiger partial charge in [-0.3, -0.25) is 19.7 Å². The van der Waals surface area contributed by atoms with Crippen molar-refractivity contribution >= 4 is 11.8 Å². The minimum absolute atomic E-state index is 0.0982. The molecule has 0 bridgehead atoms. The van der Waals surface area contributed by atoms with E-state index in [1.165, 1.54) is 0 Å². The summed E-state index contributed by atoms with van der Waals surface area (Å²) >= 11 is 0. The zero-order chi connectivity index (χ0) is 17.5. The largest absolute Gasteiger partial charge is 0.349 e. The van der Waals surface area contributed by atoms with E-state index in [-0.39, 0.29) is 18.4 Å². The molecule has 0 spiro atoms. The van der Waals surface area contributed by atoms with Crippen LogP contribution >= 0.6 is 0 Å². The summed E-state index contributed by atoms with van der Waals surface area (Å²) in [6.45, 7) is 1.51. The average molecular weight is 342 g/mol. The molecule has 2 amide bonds. The Bertz CT molecular complexity index is 715. The van der Waals surface area contributed by atoms with Crippen molar-refractivity contribution < 1.29 is 9.59 Å². The minimum atomic E-state index is -0.0982. The van der Waals surface area contributed by atoms with Crippen LogP contribution in [0.4, 0.5) is 0 Å². The number of aromatic nitrogens is 4. The molecule has 2 N–H and O–H groups in total. The molecule has 3 heterocycles. The molecule has 0 radical (unpaired) electrons. The number of aromatic amines is 1. The Hall–Kier alpha value is -2.77. The van der Waals surface area contributed by atoms with Crippen molar-refractivity contribution in [3.63, 3.8) is 0 Å². The molecule has 2 aromatic heterocycles. The Balaban J connectivity index is 1.45. The number of hydrogen-bond acceptors (Lipinski definition) is 5. The Kier molecular flexibility index (Phi) is 5.71. The van der Waals surface area contributed by atoms with Gasteiger partial charge in [0.2, 0.25) is 11.8 Å². The lowest BCUT2D eigenvalue weighted by molar-refractivity contribution is -0.131. The fourth-order valence-corrected chi connectivity index (χ4v) is 2.79. The van der Waals surface area contributed by atoms with E-state index in [9.17, 15) is 9.59 Å². The molecule has 1 aliphatic rings. The topological polar surface area (TPSA) is 104 Å². The molecule has 25 heavy (non-hydrogen) atoms. The fraction of sp³-hybridized carbons (Fsp3) is 0.471. The molecule has 0 saturated carbocycles. The summed E-state index contributed by atoms with van der Waals surface area (Å²) in [5, 5.41) is 9.77. The smallest absolute Gasteiger partial charge is 0.222 e. The van der Waals surface area contributed by atoms with E-state index in [2.05, 4.69) is 25.5 Å². The highest BCUT2D eigenvalue weighted by molar-refractivity contribution is 5.79. The molecule has 132 valence electrons. The molecule has 3 rings (SSSR count). The number of pyridine rings is 1. The van der Waals surface area contributed by atoms with Crippen LogP contribution in [0, 0.1) is 0 Å². The van der Waals surface area contributed by atoms with Gasteiger partial charge in [0.25, 0.3) is 0 Å². The van der Waals surface area contributed by atoms with E-state index in [4.69, 9.17) is 0 Å². The molecule has 1 fully saturated rings. The third kappa shape index (κ3) is 4.85. The van der Waals surface area contributed by atoms with Gasteiger partial charge in [-0.15, -0.1) is 0 Å². The van der Waals surface area contributed by atoms with Crippen molar-refractivity contribution in [2.24, 2.45) is 0 Å². The van der Waals surface area contributed by atoms with Crippen molar-refractivity contribution in [2.45, 2.75) is 38.6 Å². The first-order chi connectivity index (χ1) is 12.2. The van der Waals surface area contributed by atoms with Crippen LogP contribution in [0.5, 0.6) is 0 Å². The summed E-state index contributed by atoms with van der Waals surface area (Å²) in [5.74, 6) is 1.22. The van der Waals surface area contributed by atoms with Crippen molar-refractivity contribution in [1.29, 1.82) is 0 Å². The second-order valence-corrected chi connectivity index (χ2v) is 6.06. The van der Waals surface area contributed by atoms with Crippen LogP contribution < -0.4 is 5.32 Å². The zero-order valence-corrected chi connectivity index (χ0v) is 14.1. The molecule has 8 heteroatoms. The standard InChI is InChI=1S/C17H22N6O2/c24-15(7-11-23-10-3-1-2-4-16(23)25)19-12-14-20-17(22-21-14)13-5-8-18-9-6-13/h5-6,8-9H,1-4,7,10-12H2,(H,19,24)(H,20,21,22). The Labute approximate surface area is 146 Å². The first-order valence-corrected chi connectivity index (χ1v) is 8.58. The maximum atomic E-state index is 12.0. The van der Waals surface area contributed by atoms with E-state index >= 15 is 0 Å². The van der Waals surface area contributed by atoms with Crippen molar-refractivity contribution in [2.75, 3.05) is 13.1 Å². The quantitative estimate of drug-likeness (QED) is 0.823. The van der Waals surface area contributed by atoms with Crippen molar-refractivity contribution in [3.8, 4) is 11.4 Å². The number of nitrogens with one attached hydrogen (secondary N) is 2. The summed E-state index contributed by atoms with van der Waals surface area (Å²) in [6, 6.07) is 3.65. The molecule has 2 aromatic rings. The first kappa shape index (κ1) is 17.1. The zero-order valence-electron chi connectivity index (χ0n) is 14.1. The number of rotatable bonds is 6. The lowest BCUT2D eigenvalue weighted by atomic mass is 10.2. The van der Waals surface area contributed by atoms with E-state index in [0.29, 0.717) is 31.0 Å². The number of carbonyl (C=O) groups excluding carboxylic acids is 2. The number of amides is 2. The van der Waals surface area contributed by atoms with Crippen LogP contribution in [0.2, 0.25) is 0 Å². The van der Waals surface area contributed by atoms with E-state index < -0.39 is 0 Å². The lowest BCUT2D eigenvalue weighted by Gasteiger charge is -2.19. The molecular formula is C17H22N6O2. The van der Waals surface area contributed by atoms with Crippen LogP contribution in [0.25, 0.3) is 11.4 Å². The van der Waals surface area contributed by atoms with Gasteiger partial charge in [0.15, 0.2) is 5.82 Å². The van der Waals surface area contributed by atoms with Gasteiger partial charge in [-0.1, -0.05) is 6.42 Å². The van der Waals surface area contributed by atoms with Gasteiger partial charge >= 0.3 is 0 Å². The predicted molar refractivity (Wildman–Crippen MR) is 91.1 cm³/mol. The lowest BCUT2D eigenvalue weighted by Crippen LogP contribution is -2.34. The number of hydrogen-bond donors (Lipinski definition) is 2. The van der Waals surface area contributed by atoms with Crippen LogP contribution in [-0.4, -0.2) is 50.0 Å². The number of carbonyl (C=O) groups is 2.